The quantitative estimate of drug-likeness (QED) is 0.753. The van der Waals surface area contributed by atoms with Crippen LogP contribution in [0.4, 0.5) is 18.9 Å². The van der Waals surface area contributed by atoms with Gasteiger partial charge in [0, 0.05) is 17.6 Å². The first-order chi connectivity index (χ1) is 12.6. The van der Waals surface area contributed by atoms with Crippen LogP contribution in [0, 0.1) is 0 Å². The summed E-state index contributed by atoms with van der Waals surface area (Å²) in [6.45, 7) is 1.32. The van der Waals surface area contributed by atoms with Gasteiger partial charge in [-0.3, -0.25) is 9.59 Å². The number of carbonyl (C=O) groups excluding carboxylic acids is 2. The Morgan fingerprint density at radius 2 is 1.74 bits per heavy atom. The van der Waals surface area contributed by atoms with Crippen LogP contribution >= 0.6 is 11.6 Å². The summed E-state index contributed by atoms with van der Waals surface area (Å²) < 4.78 is 40.2. The summed E-state index contributed by atoms with van der Waals surface area (Å²) in [6, 6.07) is 10.9. The van der Waals surface area contributed by atoms with E-state index >= 15 is 0 Å². The highest BCUT2D eigenvalue weighted by molar-refractivity contribution is 6.31. The van der Waals surface area contributed by atoms with Crippen molar-refractivity contribution in [2.24, 2.45) is 0 Å². The monoisotopic (exact) mass is 400 g/mol. The molecule has 1 unspecified atom stereocenters. The van der Waals surface area contributed by atoms with Gasteiger partial charge in [0.2, 0.25) is 11.8 Å². The van der Waals surface area contributed by atoms with Gasteiger partial charge in [0.05, 0.1) is 12.5 Å². The molecule has 0 aliphatic carbocycles. The summed E-state index contributed by atoms with van der Waals surface area (Å²) in [5, 5.41) is 5.61. The smallest absolute Gasteiger partial charge is 0.406 e. The molecule has 0 aliphatic rings. The van der Waals surface area contributed by atoms with Crippen LogP contribution in [0.1, 0.15) is 24.9 Å². The first-order valence-electron chi connectivity index (χ1n) is 7.81. The van der Waals surface area contributed by atoms with Gasteiger partial charge >= 0.3 is 6.36 Å². The molecule has 0 saturated heterocycles. The van der Waals surface area contributed by atoms with Crippen LogP contribution in [0.2, 0.25) is 5.02 Å². The third-order valence-corrected chi connectivity index (χ3v) is 3.76. The lowest BCUT2D eigenvalue weighted by molar-refractivity contribution is -0.274. The number of amides is 2. The molecule has 0 radical (unpaired) electrons. The summed E-state index contributed by atoms with van der Waals surface area (Å²) >= 11 is 6.13. The highest BCUT2D eigenvalue weighted by atomic mass is 35.5. The Morgan fingerprint density at radius 1 is 1.11 bits per heavy atom. The van der Waals surface area contributed by atoms with Crippen molar-refractivity contribution in [2.75, 3.05) is 5.32 Å². The van der Waals surface area contributed by atoms with Crippen molar-refractivity contribution in [1.82, 2.24) is 5.32 Å². The zero-order chi connectivity index (χ0) is 20.0. The molecule has 0 heterocycles. The molecule has 27 heavy (non-hydrogen) atoms. The maximum Gasteiger partial charge on any atom is 0.573 e. The predicted molar refractivity (Wildman–Crippen MR) is 94.4 cm³/mol. The van der Waals surface area contributed by atoms with Gasteiger partial charge in [0.25, 0.3) is 0 Å². The van der Waals surface area contributed by atoms with E-state index < -0.39 is 24.1 Å². The molecular weight excluding hydrogens is 385 g/mol. The topological polar surface area (TPSA) is 67.4 Å². The van der Waals surface area contributed by atoms with E-state index in [0.29, 0.717) is 10.6 Å². The Bertz CT molecular complexity index is 810. The van der Waals surface area contributed by atoms with Crippen molar-refractivity contribution in [2.45, 2.75) is 25.7 Å². The fourth-order valence-electron chi connectivity index (χ4n) is 2.38. The molecule has 2 aromatic rings. The van der Waals surface area contributed by atoms with Gasteiger partial charge in [0.15, 0.2) is 0 Å². The van der Waals surface area contributed by atoms with E-state index in [1.54, 1.807) is 24.3 Å². The average Bonchev–Trinajstić information content (AvgIpc) is 2.55. The first-order valence-corrected chi connectivity index (χ1v) is 8.19. The minimum absolute atomic E-state index is 0.107. The van der Waals surface area contributed by atoms with Crippen molar-refractivity contribution in [3.63, 3.8) is 0 Å². The molecular formula is C18H16ClF3N2O3. The summed E-state index contributed by atoms with van der Waals surface area (Å²) in [4.78, 5) is 23.7. The summed E-state index contributed by atoms with van der Waals surface area (Å²) in [5.41, 5.74) is 0.869. The molecule has 2 rings (SSSR count). The first kappa shape index (κ1) is 20.6. The maximum absolute atomic E-state index is 12.3. The molecule has 0 fully saturated rings. The molecule has 1 atom stereocenters. The van der Waals surface area contributed by atoms with Gasteiger partial charge in [-0.25, -0.2) is 0 Å². The standard InChI is InChI=1S/C18H16ClF3N2O3/c1-11(25)23-16(14-4-2-3-5-15(14)19)10-17(26)24-12-6-8-13(9-7-12)27-18(20,21)22/h2-9,16H,10H2,1H3,(H,23,25)(H,24,26). The highest BCUT2D eigenvalue weighted by Gasteiger charge is 2.31. The molecule has 0 aliphatic heterocycles. The molecule has 2 amide bonds. The third-order valence-electron chi connectivity index (χ3n) is 3.42. The SMILES string of the molecule is CC(=O)NC(CC(=O)Nc1ccc(OC(F)(F)F)cc1)c1ccccc1Cl. The van der Waals surface area contributed by atoms with Crippen molar-refractivity contribution in [3.05, 3.63) is 59.1 Å². The number of anilines is 1. The van der Waals surface area contributed by atoms with Gasteiger partial charge in [-0.05, 0) is 35.9 Å². The molecule has 2 aromatic carbocycles. The van der Waals surface area contributed by atoms with Gasteiger partial charge in [-0.1, -0.05) is 29.8 Å². The van der Waals surface area contributed by atoms with Gasteiger partial charge < -0.3 is 15.4 Å². The number of carbonyl (C=O) groups is 2. The largest absolute Gasteiger partial charge is 0.573 e. The van der Waals surface area contributed by atoms with Crippen molar-refractivity contribution < 1.29 is 27.5 Å². The van der Waals surface area contributed by atoms with E-state index in [-0.39, 0.29) is 18.0 Å². The summed E-state index contributed by atoms with van der Waals surface area (Å²) in [5.74, 6) is -1.17. The van der Waals surface area contributed by atoms with Crippen molar-refractivity contribution in [3.8, 4) is 5.75 Å². The number of hydrogen-bond acceptors (Lipinski definition) is 3. The molecule has 144 valence electrons. The average molecular weight is 401 g/mol. The molecule has 0 saturated carbocycles. The predicted octanol–water partition coefficient (Wildman–Crippen LogP) is 4.44. The molecule has 0 spiro atoms. The lowest BCUT2D eigenvalue weighted by Crippen LogP contribution is -2.30. The Hall–Kier alpha value is -2.74. The fourth-order valence-corrected chi connectivity index (χ4v) is 2.65. The Morgan fingerprint density at radius 3 is 2.30 bits per heavy atom. The van der Waals surface area contributed by atoms with Gasteiger partial charge in [-0.15, -0.1) is 13.2 Å². The Kier molecular flexibility index (Phi) is 6.68. The minimum atomic E-state index is -4.79. The van der Waals surface area contributed by atoms with Crippen molar-refractivity contribution in [1.29, 1.82) is 0 Å². The molecule has 2 N–H and O–H groups in total. The number of halogens is 4. The van der Waals surface area contributed by atoms with E-state index in [0.717, 1.165) is 12.1 Å². The van der Waals surface area contributed by atoms with Crippen LogP contribution < -0.4 is 15.4 Å². The number of alkyl halides is 3. The van der Waals surface area contributed by atoms with Crippen LogP contribution in [0.15, 0.2) is 48.5 Å². The number of benzene rings is 2. The zero-order valence-electron chi connectivity index (χ0n) is 14.1. The van der Waals surface area contributed by atoms with Crippen LogP contribution in [-0.2, 0) is 9.59 Å². The third kappa shape index (κ3) is 6.82. The second kappa shape index (κ2) is 8.77. The molecule has 9 heteroatoms. The summed E-state index contributed by atoms with van der Waals surface area (Å²) in [7, 11) is 0. The normalized spacial score (nSPS) is 12.2. The van der Waals surface area contributed by atoms with Crippen LogP contribution in [0.3, 0.4) is 0 Å². The van der Waals surface area contributed by atoms with E-state index in [9.17, 15) is 22.8 Å². The zero-order valence-corrected chi connectivity index (χ0v) is 14.9. The van der Waals surface area contributed by atoms with Gasteiger partial charge in [0.1, 0.15) is 5.75 Å². The van der Waals surface area contributed by atoms with E-state index in [4.69, 9.17) is 11.6 Å². The number of ether oxygens (including phenoxy) is 1. The van der Waals surface area contributed by atoms with E-state index in [1.807, 2.05) is 0 Å². The molecule has 5 nitrogen and oxygen atoms in total. The van der Waals surface area contributed by atoms with Crippen molar-refractivity contribution >= 4 is 29.1 Å². The molecule has 0 aromatic heterocycles. The number of hydrogen-bond donors (Lipinski definition) is 2. The number of rotatable bonds is 6. The highest BCUT2D eigenvalue weighted by Crippen LogP contribution is 2.27. The second-order valence-electron chi connectivity index (χ2n) is 5.60. The summed E-state index contributed by atoms with van der Waals surface area (Å²) in [6.07, 6.45) is -4.89. The van der Waals surface area contributed by atoms with E-state index in [1.165, 1.54) is 19.1 Å². The molecule has 0 bridgehead atoms. The minimum Gasteiger partial charge on any atom is -0.406 e. The van der Waals surface area contributed by atoms with E-state index in [2.05, 4.69) is 15.4 Å². The maximum atomic E-state index is 12.3. The lowest BCUT2D eigenvalue weighted by Gasteiger charge is -2.19. The number of nitrogens with one attached hydrogen (secondary N) is 2. The van der Waals surface area contributed by atoms with Gasteiger partial charge in [-0.2, -0.15) is 0 Å². The van der Waals surface area contributed by atoms with Crippen LogP contribution in [0.25, 0.3) is 0 Å². The Labute approximate surface area is 158 Å². The lowest BCUT2D eigenvalue weighted by atomic mass is 10.0. The second-order valence-corrected chi connectivity index (χ2v) is 6.01. The Balaban J connectivity index is 2.05. The fraction of sp³-hybridized carbons (Fsp3) is 0.222. The van der Waals surface area contributed by atoms with Crippen LogP contribution in [-0.4, -0.2) is 18.2 Å². The van der Waals surface area contributed by atoms with Crippen LogP contribution in [0.5, 0.6) is 5.75 Å².